The second-order valence-electron chi connectivity index (χ2n) is 7.42. The molecular formula is C23H19ClN4O2. The van der Waals surface area contributed by atoms with Crippen molar-refractivity contribution in [2.45, 2.75) is 25.3 Å². The molecular weight excluding hydrogens is 400 g/mol. The zero-order valence-corrected chi connectivity index (χ0v) is 16.8. The van der Waals surface area contributed by atoms with Crippen molar-refractivity contribution in [1.82, 2.24) is 9.78 Å². The minimum absolute atomic E-state index is 0.130. The van der Waals surface area contributed by atoms with E-state index in [2.05, 4.69) is 15.7 Å². The number of rotatable bonds is 3. The van der Waals surface area contributed by atoms with E-state index in [1.807, 2.05) is 30.3 Å². The van der Waals surface area contributed by atoms with E-state index >= 15 is 0 Å². The number of halogens is 1. The van der Waals surface area contributed by atoms with Crippen LogP contribution in [0.1, 0.15) is 41.2 Å². The molecule has 2 aliphatic rings. The molecule has 5 rings (SSSR count). The van der Waals surface area contributed by atoms with Crippen molar-refractivity contribution < 1.29 is 9.59 Å². The van der Waals surface area contributed by atoms with Gasteiger partial charge in [0.15, 0.2) is 5.78 Å². The number of amides is 1. The van der Waals surface area contributed by atoms with Crippen LogP contribution < -0.4 is 10.6 Å². The highest BCUT2D eigenvalue weighted by Gasteiger charge is 2.37. The Hall–Kier alpha value is -3.38. The van der Waals surface area contributed by atoms with Gasteiger partial charge in [0, 0.05) is 28.4 Å². The lowest BCUT2D eigenvalue weighted by Gasteiger charge is -2.33. The van der Waals surface area contributed by atoms with Gasteiger partial charge in [0.1, 0.15) is 17.4 Å². The summed E-state index contributed by atoms with van der Waals surface area (Å²) in [4.78, 5) is 25.8. The summed E-state index contributed by atoms with van der Waals surface area (Å²) in [7, 11) is 0. The van der Waals surface area contributed by atoms with Crippen LogP contribution in [-0.4, -0.2) is 21.5 Å². The summed E-state index contributed by atoms with van der Waals surface area (Å²) in [5.41, 5.74) is 3.67. The second-order valence-corrected chi connectivity index (χ2v) is 7.86. The average molecular weight is 419 g/mol. The molecule has 2 aromatic carbocycles. The van der Waals surface area contributed by atoms with E-state index in [4.69, 9.17) is 11.6 Å². The highest BCUT2D eigenvalue weighted by Crippen LogP contribution is 2.41. The molecule has 2 heterocycles. The third kappa shape index (κ3) is 3.19. The Kier molecular flexibility index (Phi) is 4.64. The van der Waals surface area contributed by atoms with E-state index in [0.29, 0.717) is 28.5 Å². The number of hydrogen-bond acceptors (Lipinski definition) is 4. The first-order chi connectivity index (χ1) is 14.6. The second kappa shape index (κ2) is 7.46. The smallest absolute Gasteiger partial charge is 0.261 e. The number of nitrogens with zero attached hydrogens (tertiary/aromatic N) is 2. The fourth-order valence-electron chi connectivity index (χ4n) is 4.10. The van der Waals surface area contributed by atoms with Crippen molar-refractivity contribution in [3.8, 4) is 0 Å². The highest BCUT2D eigenvalue weighted by molar-refractivity contribution is 6.30. The van der Waals surface area contributed by atoms with E-state index in [-0.39, 0.29) is 17.7 Å². The van der Waals surface area contributed by atoms with E-state index < -0.39 is 0 Å². The zero-order chi connectivity index (χ0) is 20.7. The monoisotopic (exact) mass is 418 g/mol. The Bertz CT molecular complexity index is 1170. The Labute approximate surface area is 178 Å². The van der Waals surface area contributed by atoms with Gasteiger partial charge in [-0.2, -0.15) is 5.10 Å². The van der Waals surface area contributed by atoms with E-state index in [1.165, 1.54) is 0 Å². The summed E-state index contributed by atoms with van der Waals surface area (Å²) < 4.78 is 1.74. The van der Waals surface area contributed by atoms with Gasteiger partial charge >= 0.3 is 0 Å². The first-order valence-corrected chi connectivity index (χ1v) is 10.2. The molecule has 2 N–H and O–H groups in total. The van der Waals surface area contributed by atoms with Gasteiger partial charge in [0.2, 0.25) is 0 Å². The van der Waals surface area contributed by atoms with Crippen molar-refractivity contribution in [2.24, 2.45) is 0 Å². The molecule has 3 aromatic rings. The number of hydrogen-bond donors (Lipinski definition) is 2. The van der Waals surface area contributed by atoms with Crippen LogP contribution in [0.5, 0.6) is 0 Å². The Morgan fingerprint density at radius 2 is 1.87 bits per heavy atom. The third-order valence-electron chi connectivity index (χ3n) is 5.50. The lowest BCUT2D eigenvalue weighted by Crippen LogP contribution is -2.32. The van der Waals surface area contributed by atoms with Crippen molar-refractivity contribution >= 4 is 34.8 Å². The van der Waals surface area contributed by atoms with E-state index in [0.717, 1.165) is 29.7 Å². The number of aromatic nitrogens is 2. The number of anilines is 2. The molecule has 6 nitrogen and oxygen atoms in total. The van der Waals surface area contributed by atoms with Gasteiger partial charge in [-0.25, -0.2) is 4.68 Å². The molecule has 150 valence electrons. The van der Waals surface area contributed by atoms with Crippen molar-refractivity contribution in [3.63, 3.8) is 0 Å². The van der Waals surface area contributed by atoms with Crippen LogP contribution in [0.25, 0.3) is 0 Å². The maximum Gasteiger partial charge on any atom is 0.261 e. The van der Waals surface area contributed by atoms with Crippen LogP contribution in [0.15, 0.2) is 72.1 Å². The predicted octanol–water partition coefficient (Wildman–Crippen LogP) is 4.81. The summed E-state index contributed by atoms with van der Waals surface area (Å²) in [6.07, 6.45) is 3.65. The first-order valence-electron chi connectivity index (χ1n) is 9.84. The van der Waals surface area contributed by atoms with Gasteiger partial charge < -0.3 is 10.6 Å². The standard InChI is InChI=1S/C23H19ClN4O2/c24-15-9-11-16(12-10-15)26-23(30)17-13-25-28-21(14-5-2-1-3-6-14)20-18(27-22(17)28)7-4-8-19(20)29/h1-3,5-6,9-13,21,27H,4,7-8H2,(H,26,30). The molecule has 1 aromatic heterocycles. The summed E-state index contributed by atoms with van der Waals surface area (Å²) in [6, 6.07) is 16.4. The van der Waals surface area contributed by atoms with Crippen LogP contribution in [-0.2, 0) is 4.79 Å². The first kappa shape index (κ1) is 18.6. The average Bonchev–Trinajstić information content (AvgIpc) is 3.18. The summed E-state index contributed by atoms with van der Waals surface area (Å²) in [5, 5.41) is 11.3. The molecule has 0 spiro atoms. The molecule has 1 unspecified atom stereocenters. The molecule has 0 fully saturated rings. The molecule has 0 saturated carbocycles. The maximum atomic E-state index is 13.0. The van der Waals surface area contributed by atoms with Gasteiger partial charge in [0.05, 0.1) is 6.20 Å². The highest BCUT2D eigenvalue weighted by atomic mass is 35.5. The van der Waals surface area contributed by atoms with Gasteiger partial charge in [-0.05, 0) is 42.7 Å². The van der Waals surface area contributed by atoms with Crippen LogP contribution in [0, 0.1) is 0 Å². The quantitative estimate of drug-likeness (QED) is 0.640. The lowest BCUT2D eigenvalue weighted by molar-refractivity contribution is -0.116. The van der Waals surface area contributed by atoms with Crippen LogP contribution in [0.2, 0.25) is 5.02 Å². The molecule has 7 heteroatoms. The van der Waals surface area contributed by atoms with Crippen molar-refractivity contribution in [3.05, 3.63) is 88.2 Å². The maximum absolute atomic E-state index is 13.0. The molecule has 1 amide bonds. The Morgan fingerprint density at radius 1 is 1.10 bits per heavy atom. The van der Waals surface area contributed by atoms with E-state index in [1.54, 1.807) is 35.1 Å². The van der Waals surface area contributed by atoms with Crippen LogP contribution in [0.3, 0.4) is 0 Å². The van der Waals surface area contributed by atoms with Gasteiger partial charge in [-0.1, -0.05) is 41.9 Å². The molecule has 0 bridgehead atoms. The zero-order valence-electron chi connectivity index (χ0n) is 16.1. The SMILES string of the molecule is O=C1CCCC2=C1C(c1ccccc1)n1ncc(C(=O)Nc3ccc(Cl)cc3)c1N2. The molecule has 30 heavy (non-hydrogen) atoms. The minimum Gasteiger partial charge on any atom is -0.343 e. The number of nitrogens with one attached hydrogen (secondary N) is 2. The van der Waals surface area contributed by atoms with Crippen molar-refractivity contribution in [1.29, 1.82) is 0 Å². The van der Waals surface area contributed by atoms with Crippen LogP contribution >= 0.6 is 11.6 Å². The largest absolute Gasteiger partial charge is 0.343 e. The van der Waals surface area contributed by atoms with Crippen LogP contribution in [0.4, 0.5) is 11.5 Å². The molecule has 1 atom stereocenters. The lowest BCUT2D eigenvalue weighted by atomic mass is 9.85. The fraction of sp³-hybridized carbons (Fsp3) is 0.174. The van der Waals surface area contributed by atoms with Crippen molar-refractivity contribution in [2.75, 3.05) is 10.6 Å². The number of benzene rings is 2. The summed E-state index contributed by atoms with van der Waals surface area (Å²) in [5.74, 6) is 0.457. The number of ketones is 1. The summed E-state index contributed by atoms with van der Waals surface area (Å²) >= 11 is 5.92. The number of carbonyl (C=O) groups is 2. The Balaban J connectivity index is 1.56. The molecule has 1 aliphatic heterocycles. The van der Waals surface area contributed by atoms with E-state index in [9.17, 15) is 9.59 Å². The topological polar surface area (TPSA) is 76.0 Å². The number of fused-ring (bicyclic) bond motifs is 1. The van der Waals surface area contributed by atoms with Gasteiger partial charge in [0.25, 0.3) is 5.91 Å². The number of Topliss-reactive ketones (excluding diaryl/α,β-unsaturated/α-hetero) is 1. The third-order valence-corrected chi connectivity index (χ3v) is 5.75. The minimum atomic E-state index is -0.345. The van der Waals surface area contributed by atoms with Gasteiger partial charge in [-0.3, -0.25) is 9.59 Å². The molecule has 0 saturated heterocycles. The fourth-order valence-corrected chi connectivity index (χ4v) is 4.23. The summed E-state index contributed by atoms with van der Waals surface area (Å²) in [6.45, 7) is 0. The number of carbonyl (C=O) groups excluding carboxylic acids is 2. The number of allylic oxidation sites excluding steroid dienone is 2. The Morgan fingerprint density at radius 3 is 2.63 bits per heavy atom. The molecule has 1 aliphatic carbocycles. The molecule has 0 radical (unpaired) electrons. The predicted molar refractivity (Wildman–Crippen MR) is 116 cm³/mol. The van der Waals surface area contributed by atoms with Gasteiger partial charge in [-0.15, -0.1) is 0 Å². The normalized spacial score (nSPS) is 17.8.